The Balaban J connectivity index is 1.94. The van der Waals surface area contributed by atoms with Crippen molar-refractivity contribution >= 4 is 5.97 Å². The van der Waals surface area contributed by atoms with Crippen LogP contribution in [0.25, 0.3) is 0 Å². The summed E-state index contributed by atoms with van der Waals surface area (Å²) in [6.45, 7) is -0.415. The Hall–Kier alpha value is -1.69. The van der Waals surface area contributed by atoms with E-state index in [0.29, 0.717) is 13.0 Å². The van der Waals surface area contributed by atoms with Crippen molar-refractivity contribution < 1.29 is 23.0 Å². The lowest BCUT2D eigenvalue weighted by Gasteiger charge is -2.21. The number of carbonyl (C=O) groups is 1. The maximum Gasteiger partial charge on any atom is 0.387 e. The Morgan fingerprint density at radius 2 is 2.05 bits per heavy atom. The van der Waals surface area contributed by atoms with E-state index in [9.17, 15) is 13.6 Å². The summed E-state index contributed by atoms with van der Waals surface area (Å²) < 4.78 is 33.5. The monoisotopic (exact) mass is 285 g/mol. The second-order valence-electron chi connectivity index (χ2n) is 4.94. The van der Waals surface area contributed by atoms with Gasteiger partial charge in [0.15, 0.2) is 0 Å². The second kappa shape index (κ2) is 6.17. The van der Waals surface area contributed by atoms with Gasteiger partial charge in [-0.3, -0.25) is 9.69 Å². The van der Waals surface area contributed by atoms with Gasteiger partial charge in [0, 0.05) is 13.0 Å². The summed E-state index contributed by atoms with van der Waals surface area (Å²) in [6.07, 6.45) is 0.610. The smallest absolute Gasteiger partial charge is 0.387 e. The average Bonchev–Trinajstić information content (AvgIpc) is 2.70. The summed E-state index contributed by atoms with van der Waals surface area (Å²) in [4.78, 5) is 13.5. The topological polar surface area (TPSA) is 38.8 Å². The number of esters is 1. The molecule has 0 N–H and O–H groups in total. The third kappa shape index (κ3) is 3.66. The van der Waals surface area contributed by atoms with Crippen LogP contribution < -0.4 is 4.74 Å². The predicted octanol–water partition coefficient (Wildman–Crippen LogP) is 2.42. The molecule has 2 rings (SSSR count). The summed E-state index contributed by atoms with van der Waals surface area (Å²) in [6, 6.07) is 6.15. The van der Waals surface area contributed by atoms with E-state index in [1.807, 2.05) is 18.9 Å². The highest BCUT2D eigenvalue weighted by Gasteiger charge is 2.34. The van der Waals surface area contributed by atoms with Crippen LogP contribution in [-0.4, -0.2) is 36.7 Å². The third-order valence-corrected chi connectivity index (χ3v) is 3.26. The van der Waals surface area contributed by atoms with Crippen LogP contribution in [0.4, 0.5) is 8.78 Å². The molecule has 6 heteroatoms. The molecule has 1 aliphatic heterocycles. The lowest BCUT2D eigenvalue weighted by atomic mass is 10.1. The SMILES string of the molecule is CC1CC(N(C)Cc2ccc(OC(F)F)cc2)C(=O)O1. The first-order valence-corrected chi connectivity index (χ1v) is 6.40. The number of ether oxygens (including phenoxy) is 2. The van der Waals surface area contributed by atoms with Gasteiger partial charge >= 0.3 is 12.6 Å². The fourth-order valence-corrected chi connectivity index (χ4v) is 2.27. The van der Waals surface area contributed by atoms with E-state index in [1.54, 1.807) is 12.1 Å². The van der Waals surface area contributed by atoms with Crippen LogP contribution in [0.5, 0.6) is 5.75 Å². The highest BCUT2D eigenvalue weighted by atomic mass is 19.3. The Kier molecular flexibility index (Phi) is 4.54. The minimum absolute atomic E-state index is 0.0585. The molecule has 1 saturated heterocycles. The van der Waals surface area contributed by atoms with Gasteiger partial charge in [-0.1, -0.05) is 12.1 Å². The number of hydrogen-bond acceptors (Lipinski definition) is 4. The molecule has 0 aromatic heterocycles. The largest absolute Gasteiger partial charge is 0.461 e. The third-order valence-electron chi connectivity index (χ3n) is 3.26. The molecule has 4 nitrogen and oxygen atoms in total. The van der Waals surface area contributed by atoms with Gasteiger partial charge in [-0.15, -0.1) is 0 Å². The van der Waals surface area contributed by atoms with E-state index in [1.165, 1.54) is 12.1 Å². The molecule has 0 aliphatic carbocycles. The summed E-state index contributed by atoms with van der Waals surface area (Å²) in [5, 5.41) is 0. The van der Waals surface area contributed by atoms with Crippen LogP contribution in [0.1, 0.15) is 18.9 Å². The van der Waals surface area contributed by atoms with Crippen molar-refractivity contribution in [3.8, 4) is 5.75 Å². The van der Waals surface area contributed by atoms with Crippen molar-refractivity contribution in [3.63, 3.8) is 0 Å². The molecule has 0 saturated carbocycles. The molecule has 1 aliphatic rings. The first-order chi connectivity index (χ1) is 9.45. The van der Waals surface area contributed by atoms with E-state index in [-0.39, 0.29) is 23.9 Å². The number of carbonyl (C=O) groups excluding carboxylic acids is 1. The maximum atomic E-state index is 12.0. The second-order valence-corrected chi connectivity index (χ2v) is 4.94. The number of cyclic esters (lactones) is 1. The number of hydrogen-bond donors (Lipinski definition) is 0. The summed E-state index contributed by atoms with van der Waals surface area (Å²) in [7, 11) is 1.84. The van der Waals surface area contributed by atoms with Gasteiger partial charge in [0.25, 0.3) is 0 Å². The van der Waals surface area contributed by atoms with Crippen LogP contribution in [0.3, 0.4) is 0 Å². The van der Waals surface area contributed by atoms with Crippen molar-refractivity contribution in [1.82, 2.24) is 4.90 Å². The molecule has 20 heavy (non-hydrogen) atoms. The fourth-order valence-electron chi connectivity index (χ4n) is 2.27. The van der Waals surface area contributed by atoms with E-state index in [4.69, 9.17) is 4.74 Å². The van der Waals surface area contributed by atoms with Crippen LogP contribution in [0.2, 0.25) is 0 Å². The fraction of sp³-hybridized carbons (Fsp3) is 0.500. The first kappa shape index (κ1) is 14.7. The van der Waals surface area contributed by atoms with E-state index in [2.05, 4.69) is 4.74 Å². The minimum atomic E-state index is -2.82. The van der Waals surface area contributed by atoms with Crippen LogP contribution in [-0.2, 0) is 16.1 Å². The van der Waals surface area contributed by atoms with Gasteiger partial charge in [-0.05, 0) is 31.7 Å². The molecular weight excluding hydrogens is 268 g/mol. The zero-order valence-corrected chi connectivity index (χ0v) is 11.4. The lowest BCUT2D eigenvalue weighted by Crippen LogP contribution is -2.34. The quantitative estimate of drug-likeness (QED) is 0.779. The molecular formula is C14H17F2NO3. The van der Waals surface area contributed by atoms with Gasteiger partial charge in [0.1, 0.15) is 17.9 Å². The molecule has 1 heterocycles. The highest BCUT2D eigenvalue weighted by Crippen LogP contribution is 2.21. The molecule has 0 amide bonds. The van der Waals surface area contributed by atoms with Gasteiger partial charge in [-0.25, -0.2) is 0 Å². The Labute approximate surface area is 116 Å². The van der Waals surface area contributed by atoms with Gasteiger partial charge in [0.05, 0.1) is 0 Å². The van der Waals surface area contributed by atoms with Crippen molar-refractivity contribution in [2.24, 2.45) is 0 Å². The molecule has 2 unspecified atom stereocenters. The number of halogens is 2. The number of nitrogens with zero attached hydrogens (tertiary/aromatic N) is 1. The van der Waals surface area contributed by atoms with E-state index >= 15 is 0 Å². The minimum Gasteiger partial charge on any atom is -0.461 e. The average molecular weight is 285 g/mol. The molecule has 2 atom stereocenters. The molecule has 1 fully saturated rings. The summed E-state index contributed by atoms with van der Waals surface area (Å²) in [5.74, 6) is -0.0852. The predicted molar refractivity (Wildman–Crippen MR) is 68.5 cm³/mol. The molecule has 0 bridgehead atoms. The zero-order valence-electron chi connectivity index (χ0n) is 11.4. The Morgan fingerprint density at radius 1 is 1.40 bits per heavy atom. The number of benzene rings is 1. The molecule has 1 aromatic rings. The Bertz CT molecular complexity index is 464. The van der Waals surface area contributed by atoms with Gasteiger partial charge in [0.2, 0.25) is 0 Å². The molecule has 1 aromatic carbocycles. The molecule has 0 spiro atoms. The highest BCUT2D eigenvalue weighted by molar-refractivity contribution is 5.77. The zero-order chi connectivity index (χ0) is 14.7. The number of likely N-dealkylation sites (N-methyl/N-ethyl adjacent to an activating group) is 1. The number of alkyl halides is 2. The first-order valence-electron chi connectivity index (χ1n) is 6.40. The number of rotatable bonds is 5. The summed E-state index contributed by atoms with van der Waals surface area (Å²) in [5.41, 5.74) is 0.918. The van der Waals surface area contributed by atoms with E-state index in [0.717, 1.165) is 5.56 Å². The standard InChI is InChI=1S/C14H17F2NO3/c1-9-7-12(13(18)19-9)17(2)8-10-3-5-11(6-4-10)20-14(15)16/h3-6,9,12,14H,7-8H2,1-2H3. The van der Waals surface area contributed by atoms with E-state index < -0.39 is 6.61 Å². The molecule has 110 valence electrons. The van der Waals surface area contributed by atoms with Crippen LogP contribution in [0.15, 0.2) is 24.3 Å². The van der Waals surface area contributed by atoms with Crippen LogP contribution >= 0.6 is 0 Å². The van der Waals surface area contributed by atoms with Gasteiger partial charge < -0.3 is 9.47 Å². The Morgan fingerprint density at radius 3 is 2.55 bits per heavy atom. The normalized spacial score (nSPS) is 22.4. The lowest BCUT2D eigenvalue weighted by molar-refractivity contribution is -0.144. The maximum absolute atomic E-state index is 12.0. The van der Waals surface area contributed by atoms with Crippen molar-refractivity contribution in [1.29, 1.82) is 0 Å². The van der Waals surface area contributed by atoms with Crippen molar-refractivity contribution in [2.45, 2.75) is 38.6 Å². The summed E-state index contributed by atoms with van der Waals surface area (Å²) >= 11 is 0. The molecule has 0 radical (unpaired) electrons. The van der Waals surface area contributed by atoms with Gasteiger partial charge in [-0.2, -0.15) is 8.78 Å². The van der Waals surface area contributed by atoms with Crippen molar-refractivity contribution in [3.05, 3.63) is 29.8 Å². The van der Waals surface area contributed by atoms with Crippen molar-refractivity contribution in [2.75, 3.05) is 7.05 Å². The van der Waals surface area contributed by atoms with Crippen LogP contribution in [0, 0.1) is 0 Å².